The van der Waals surface area contributed by atoms with E-state index in [0.717, 1.165) is 18.2 Å². The Hall–Kier alpha value is -3.67. The minimum atomic E-state index is -4.92. The lowest BCUT2D eigenvalue weighted by Gasteiger charge is -2.09. The summed E-state index contributed by atoms with van der Waals surface area (Å²) in [6.07, 6.45) is 0. The Bertz CT molecular complexity index is 1940. The van der Waals surface area contributed by atoms with Crippen LogP contribution in [0.5, 0.6) is 5.75 Å². The van der Waals surface area contributed by atoms with Gasteiger partial charge in [0.15, 0.2) is 0 Å². The summed E-state index contributed by atoms with van der Waals surface area (Å²) in [4.78, 5) is -2.17. The van der Waals surface area contributed by atoms with Gasteiger partial charge in [-0.3, -0.25) is 13.7 Å². The predicted molar refractivity (Wildman–Crippen MR) is 128 cm³/mol. The van der Waals surface area contributed by atoms with E-state index in [9.17, 15) is 44.0 Å². The van der Waals surface area contributed by atoms with Crippen molar-refractivity contribution in [2.45, 2.75) is 14.7 Å². The van der Waals surface area contributed by atoms with Crippen molar-refractivity contribution in [1.29, 1.82) is 0 Å². The van der Waals surface area contributed by atoms with Crippen LogP contribution in [0.15, 0.2) is 79.5 Å². The number of anilines is 1. The molecule has 36 heavy (non-hydrogen) atoms. The van der Waals surface area contributed by atoms with Crippen molar-refractivity contribution >= 4 is 69.0 Å². The van der Waals surface area contributed by atoms with Gasteiger partial charge in [-0.05, 0) is 47.9 Å². The molecule has 0 radical (unpaired) electrons. The number of phenols is 1. The van der Waals surface area contributed by atoms with E-state index in [2.05, 4.69) is 10.2 Å². The molecule has 0 aliphatic rings. The van der Waals surface area contributed by atoms with Crippen molar-refractivity contribution in [3.63, 3.8) is 0 Å². The van der Waals surface area contributed by atoms with Gasteiger partial charge in [0.25, 0.3) is 30.4 Å². The van der Waals surface area contributed by atoms with Crippen LogP contribution in [-0.2, 0) is 30.4 Å². The summed E-state index contributed by atoms with van der Waals surface area (Å²) in [6, 6.07) is 9.93. The Labute approximate surface area is 203 Å². The summed E-state index contributed by atoms with van der Waals surface area (Å²) in [5, 5.41) is 18.2. The molecule has 16 heteroatoms. The number of nitrogens with zero attached hydrogens (tertiary/aromatic N) is 2. The zero-order valence-corrected chi connectivity index (χ0v) is 20.1. The maximum Gasteiger partial charge on any atom is 0.295 e. The Morgan fingerprint density at radius 2 is 1.31 bits per heavy atom. The van der Waals surface area contributed by atoms with E-state index in [1.807, 2.05) is 0 Å². The third-order valence-corrected chi connectivity index (χ3v) is 7.65. The molecule has 0 aromatic heterocycles. The summed E-state index contributed by atoms with van der Waals surface area (Å²) < 4.78 is 98.0. The first kappa shape index (κ1) is 25.4. The molecule has 188 valence electrons. The lowest BCUT2D eigenvalue weighted by molar-refractivity contribution is 0.471. The summed E-state index contributed by atoms with van der Waals surface area (Å²) in [6.45, 7) is 0. The summed E-state index contributed by atoms with van der Waals surface area (Å²) in [5.41, 5.74) is 6.01. The highest BCUT2D eigenvalue weighted by Gasteiger charge is 2.21. The maximum absolute atomic E-state index is 11.9. The summed E-state index contributed by atoms with van der Waals surface area (Å²) in [7, 11) is -14.4. The first-order valence-corrected chi connectivity index (χ1v) is 13.8. The average molecular weight is 554 g/mol. The zero-order chi connectivity index (χ0) is 26.6. The SMILES string of the molecule is Nc1ccc(N=Nc2ccc3cc(S(=O)(=O)O)cc(S(=O)(=O)O)c3c2)c2cc(S(=O)(=O)O)cc(O)c12. The first-order valence-electron chi connectivity index (χ1n) is 9.53. The van der Waals surface area contributed by atoms with Crippen LogP contribution in [0.3, 0.4) is 0 Å². The highest BCUT2D eigenvalue weighted by molar-refractivity contribution is 7.87. The molecule has 0 amide bonds. The molecule has 0 heterocycles. The van der Waals surface area contributed by atoms with Crippen LogP contribution >= 0.6 is 0 Å². The van der Waals surface area contributed by atoms with E-state index in [-0.39, 0.29) is 38.6 Å². The van der Waals surface area contributed by atoms with Gasteiger partial charge in [-0.15, -0.1) is 5.11 Å². The molecule has 0 spiro atoms. The standard InChI is InChI=1S/C20H15N3O10S3/c21-16-3-4-17(15-7-13(35(28,29)30)8-18(24)20(15)16)23-22-11-2-1-10-5-12(34(25,26)27)9-19(14(10)6-11)36(31,32)33/h1-9,24H,21H2,(H,25,26,27)(H,28,29,30)(H,31,32,33). The van der Waals surface area contributed by atoms with E-state index in [4.69, 9.17) is 5.73 Å². The molecule has 0 fully saturated rings. The van der Waals surface area contributed by atoms with Crippen molar-refractivity contribution in [3.8, 4) is 5.75 Å². The minimum Gasteiger partial charge on any atom is -0.507 e. The van der Waals surface area contributed by atoms with Crippen molar-refractivity contribution in [3.05, 3.63) is 54.6 Å². The van der Waals surface area contributed by atoms with Gasteiger partial charge < -0.3 is 10.8 Å². The maximum atomic E-state index is 11.9. The molecule has 0 bridgehead atoms. The second-order valence-electron chi connectivity index (χ2n) is 7.49. The lowest BCUT2D eigenvalue weighted by atomic mass is 10.1. The first-order chi connectivity index (χ1) is 16.6. The largest absolute Gasteiger partial charge is 0.507 e. The van der Waals surface area contributed by atoms with Gasteiger partial charge in [-0.1, -0.05) is 6.07 Å². The van der Waals surface area contributed by atoms with E-state index in [0.29, 0.717) is 6.07 Å². The van der Waals surface area contributed by atoms with Gasteiger partial charge in [0.05, 0.1) is 21.2 Å². The second kappa shape index (κ2) is 8.47. The van der Waals surface area contributed by atoms with Crippen LogP contribution in [-0.4, -0.2) is 44.0 Å². The van der Waals surface area contributed by atoms with Crippen molar-refractivity contribution in [2.75, 3.05) is 5.73 Å². The minimum absolute atomic E-state index is 0.0248. The van der Waals surface area contributed by atoms with Crippen LogP contribution in [0.2, 0.25) is 0 Å². The third-order valence-electron chi connectivity index (χ3n) is 5.10. The van der Waals surface area contributed by atoms with Gasteiger partial charge in [0.2, 0.25) is 0 Å². The van der Waals surface area contributed by atoms with E-state index in [1.165, 1.54) is 30.3 Å². The fraction of sp³-hybridized carbons (Fsp3) is 0. The Morgan fingerprint density at radius 3 is 1.92 bits per heavy atom. The second-order valence-corrected chi connectivity index (χ2v) is 11.7. The van der Waals surface area contributed by atoms with Gasteiger partial charge in [-0.2, -0.15) is 30.4 Å². The third kappa shape index (κ3) is 4.85. The molecule has 0 saturated carbocycles. The van der Waals surface area contributed by atoms with E-state index < -0.39 is 50.8 Å². The van der Waals surface area contributed by atoms with Crippen LogP contribution in [0.4, 0.5) is 17.1 Å². The molecule has 4 aromatic carbocycles. The van der Waals surface area contributed by atoms with E-state index >= 15 is 0 Å². The van der Waals surface area contributed by atoms with E-state index in [1.54, 1.807) is 0 Å². The quantitative estimate of drug-likeness (QED) is 0.136. The topological polar surface area (TPSA) is 234 Å². The number of fused-ring (bicyclic) bond motifs is 2. The number of hydrogen-bond acceptors (Lipinski definition) is 10. The molecule has 0 aliphatic heterocycles. The number of azo groups is 1. The Balaban J connectivity index is 1.91. The molecule has 13 nitrogen and oxygen atoms in total. The lowest BCUT2D eigenvalue weighted by Crippen LogP contribution is -2.04. The number of hydrogen-bond donors (Lipinski definition) is 5. The van der Waals surface area contributed by atoms with Crippen LogP contribution in [0.25, 0.3) is 21.5 Å². The van der Waals surface area contributed by atoms with Crippen molar-refractivity contribution < 1.29 is 44.0 Å². The van der Waals surface area contributed by atoms with Gasteiger partial charge in [0, 0.05) is 27.9 Å². The van der Waals surface area contributed by atoms with Gasteiger partial charge >= 0.3 is 0 Å². The number of nitrogens with two attached hydrogens (primary N) is 1. The Morgan fingerprint density at radius 1 is 0.667 bits per heavy atom. The fourth-order valence-corrected chi connectivity index (χ4v) is 5.38. The zero-order valence-electron chi connectivity index (χ0n) is 17.6. The number of phenolic OH excluding ortho intramolecular Hbond substituents is 1. The fourth-order valence-electron chi connectivity index (χ4n) is 3.51. The molecule has 0 aliphatic carbocycles. The number of nitrogen functional groups attached to an aromatic ring is 1. The number of benzene rings is 4. The molecule has 4 aromatic rings. The van der Waals surface area contributed by atoms with Crippen molar-refractivity contribution in [1.82, 2.24) is 0 Å². The molecule has 0 saturated heterocycles. The molecule has 0 unspecified atom stereocenters. The highest BCUT2D eigenvalue weighted by atomic mass is 32.2. The predicted octanol–water partition coefficient (Wildman–Crippen LogP) is 3.44. The Kier molecular flexibility index (Phi) is 5.98. The molecule has 6 N–H and O–H groups in total. The van der Waals surface area contributed by atoms with Crippen LogP contribution in [0, 0.1) is 0 Å². The molecular weight excluding hydrogens is 538 g/mol. The summed E-state index contributed by atoms with van der Waals surface area (Å²) in [5.74, 6) is -0.534. The number of rotatable bonds is 5. The molecule has 4 rings (SSSR count). The van der Waals surface area contributed by atoms with Crippen LogP contribution < -0.4 is 5.73 Å². The highest BCUT2D eigenvalue weighted by Crippen LogP contribution is 2.39. The van der Waals surface area contributed by atoms with Crippen molar-refractivity contribution in [2.24, 2.45) is 10.2 Å². The number of aromatic hydroxyl groups is 1. The van der Waals surface area contributed by atoms with Gasteiger partial charge in [0.1, 0.15) is 10.6 Å². The van der Waals surface area contributed by atoms with Crippen LogP contribution in [0.1, 0.15) is 0 Å². The average Bonchev–Trinajstić information content (AvgIpc) is 2.75. The molecule has 0 atom stereocenters. The van der Waals surface area contributed by atoms with Gasteiger partial charge in [-0.25, -0.2) is 0 Å². The smallest absolute Gasteiger partial charge is 0.295 e. The summed E-state index contributed by atoms with van der Waals surface area (Å²) >= 11 is 0. The monoisotopic (exact) mass is 553 g/mol. The normalized spacial score (nSPS) is 13.1. The molecular formula is C20H15N3O10S3.